The van der Waals surface area contributed by atoms with Crippen LogP contribution in [-0.4, -0.2) is 32.0 Å². The minimum atomic E-state index is -0.0672. The summed E-state index contributed by atoms with van der Waals surface area (Å²) in [5.41, 5.74) is 9.16. The third kappa shape index (κ3) is 2.84. The van der Waals surface area contributed by atoms with Crippen LogP contribution in [0, 0.1) is 0 Å². The number of nitrogens with two attached hydrogens (primary N) is 1. The summed E-state index contributed by atoms with van der Waals surface area (Å²) < 4.78 is 0. The van der Waals surface area contributed by atoms with Gasteiger partial charge in [-0.1, -0.05) is 6.92 Å². The van der Waals surface area contributed by atoms with Gasteiger partial charge in [-0.2, -0.15) is 0 Å². The normalized spacial score (nSPS) is 12.8. The minimum Gasteiger partial charge on any atom is -0.397 e. The van der Waals surface area contributed by atoms with Gasteiger partial charge in [-0.15, -0.1) is 0 Å². The van der Waals surface area contributed by atoms with Gasteiger partial charge in [0.05, 0.1) is 24.3 Å². The molecule has 1 aliphatic rings. The summed E-state index contributed by atoms with van der Waals surface area (Å²) in [5, 5.41) is 5.42. The van der Waals surface area contributed by atoms with Gasteiger partial charge in [-0.05, 0) is 24.1 Å². The first-order valence-electron chi connectivity index (χ1n) is 6.73. The Labute approximate surface area is 118 Å². The van der Waals surface area contributed by atoms with Crippen LogP contribution in [0.2, 0.25) is 0 Å². The standard InChI is InChI=1S/C14H20N4O2/c1-3-4-18(8-14(20)16-2)12-7-11-9(5-10(12)15)6-13(19)17-11/h5,7H,3-4,6,8,15H2,1-2H3,(H,16,20)(H,17,19). The zero-order valence-corrected chi connectivity index (χ0v) is 11.8. The van der Waals surface area contributed by atoms with Gasteiger partial charge in [0.2, 0.25) is 11.8 Å². The zero-order chi connectivity index (χ0) is 14.7. The van der Waals surface area contributed by atoms with E-state index >= 15 is 0 Å². The highest BCUT2D eigenvalue weighted by Crippen LogP contribution is 2.33. The number of hydrogen-bond acceptors (Lipinski definition) is 4. The molecule has 0 aliphatic carbocycles. The Balaban J connectivity index is 2.31. The van der Waals surface area contributed by atoms with E-state index in [4.69, 9.17) is 5.73 Å². The van der Waals surface area contributed by atoms with E-state index in [0.29, 0.717) is 12.1 Å². The second-order valence-electron chi connectivity index (χ2n) is 4.89. The van der Waals surface area contributed by atoms with E-state index in [0.717, 1.165) is 29.9 Å². The summed E-state index contributed by atoms with van der Waals surface area (Å²) in [5.74, 6) is -0.0905. The average Bonchev–Trinajstić information content (AvgIpc) is 2.76. The van der Waals surface area contributed by atoms with Crippen molar-refractivity contribution < 1.29 is 9.59 Å². The van der Waals surface area contributed by atoms with Crippen molar-refractivity contribution in [2.24, 2.45) is 0 Å². The lowest BCUT2D eigenvalue weighted by Gasteiger charge is -2.25. The van der Waals surface area contributed by atoms with Gasteiger partial charge in [0.1, 0.15) is 0 Å². The maximum Gasteiger partial charge on any atom is 0.239 e. The molecule has 2 rings (SSSR count). The molecule has 20 heavy (non-hydrogen) atoms. The molecule has 1 heterocycles. The molecule has 0 bridgehead atoms. The molecule has 0 atom stereocenters. The van der Waals surface area contributed by atoms with Crippen molar-refractivity contribution in [1.82, 2.24) is 5.32 Å². The molecule has 1 aromatic carbocycles. The maximum absolute atomic E-state index is 11.6. The number of rotatable bonds is 5. The highest BCUT2D eigenvalue weighted by atomic mass is 16.2. The summed E-state index contributed by atoms with van der Waals surface area (Å²) in [4.78, 5) is 24.9. The Morgan fingerprint density at radius 3 is 2.90 bits per heavy atom. The van der Waals surface area contributed by atoms with Crippen LogP contribution < -0.4 is 21.3 Å². The molecule has 1 aromatic rings. The third-order valence-corrected chi connectivity index (χ3v) is 3.33. The quantitative estimate of drug-likeness (QED) is 0.692. The molecule has 0 saturated carbocycles. The average molecular weight is 276 g/mol. The summed E-state index contributed by atoms with van der Waals surface area (Å²) >= 11 is 0. The van der Waals surface area contributed by atoms with Gasteiger partial charge in [-0.3, -0.25) is 9.59 Å². The number of amides is 2. The lowest BCUT2D eigenvalue weighted by molar-refractivity contribution is -0.119. The number of anilines is 3. The fourth-order valence-corrected chi connectivity index (χ4v) is 2.36. The SMILES string of the molecule is CCCN(CC(=O)NC)c1cc2c(cc1N)CC(=O)N2. The van der Waals surface area contributed by atoms with Crippen molar-refractivity contribution in [3.8, 4) is 0 Å². The van der Waals surface area contributed by atoms with Crippen LogP contribution in [0.1, 0.15) is 18.9 Å². The van der Waals surface area contributed by atoms with Crippen LogP contribution in [0.15, 0.2) is 12.1 Å². The molecule has 0 unspecified atom stereocenters. The van der Waals surface area contributed by atoms with Crippen molar-refractivity contribution in [2.75, 3.05) is 36.1 Å². The molecule has 6 nitrogen and oxygen atoms in total. The number of carbonyl (C=O) groups is 2. The van der Waals surface area contributed by atoms with Crippen LogP contribution in [0.5, 0.6) is 0 Å². The van der Waals surface area contributed by atoms with Crippen LogP contribution in [-0.2, 0) is 16.0 Å². The fourth-order valence-electron chi connectivity index (χ4n) is 2.36. The molecule has 108 valence electrons. The number of likely N-dealkylation sites (N-methyl/N-ethyl adjacent to an activating group) is 1. The predicted octanol–water partition coefficient (Wildman–Crippen LogP) is 0.726. The molecule has 1 aliphatic heterocycles. The molecule has 0 saturated heterocycles. The minimum absolute atomic E-state index is 0.0232. The second-order valence-corrected chi connectivity index (χ2v) is 4.89. The molecule has 0 spiro atoms. The Bertz CT molecular complexity index is 542. The van der Waals surface area contributed by atoms with Crippen LogP contribution in [0.25, 0.3) is 0 Å². The zero-order valence-electron chi connectivity index (χ0n) is 11.8. The molecule has 2 amide bonds. The van der Waals surface area contributed by atoms with E-state index in [1.807, 2.05) is 24.0 Å². The van der Waals surface area contributed by atoms with E-state index in [1.165, 1.54) is 0 Å². The van der Waals surface area contributed by atoms with E-state index < -0.39 is 0 Å². The van der Waals surface area contributed by atoms with Crippen LogP contribution in [0.3, 0.4) is 0 Å². The van der Waals surface area contributed by atoms with Gasteiger partial charge >= 0.3 is 0 Å². The first kappa shape index (κ1) is 14.2. The monoisotopic (exact) mass is 276 g/mol. The third-order valence-electron chi connectivity index (χ3n) is 3.33. The predicted molar refractivity (Wildman–Crippen MR) is 79.8 cm³/mol. The van der Waals surface area contributed by atoms with Crippen molar-refractivity contribution in [2.45, 2.75) is 19.8 Å². The molecule has 6 heteroatoms. The Morgan fingerprint density at radius 2 is 2.25 bits per heavy atom. The largest absolute Gasteiger partial charge is 0.397 e. The number of nitrogens with one attached hydrogen (secondary N) is 2. The van der Waals surface area contributed by atoms with Crippen molar-refractivity contribution in [1.29, 1.82) is 0 Å². The van der Waals surface area contributed by atoms with Gasteiger partial charge in [0.15, 0.2) is 0 Å². The summed E-state index contributed by atoms with van der Waals surface area (Å²) in [6, 6.07) is 3.67. The van der Waals surface area contributed by atoms with E-state index in [-0.39, 0.29) is 18.4 Å². The van der Waals surface area contributed by atoms with E-state index in [2.05, 4.69) is 10.6 Å². The van der Waals surface area contributed by atoms with Gasteiger partial charge < -0.3 is 21.3 Å². The molecule has 0 fully saturated rings. The van der Waals surface area contributed by atoms with E-state index in [1.54, 1.807) is 7.05 Å². The topological polar surface area (TPSA) is 87.5 Å². The van der Waals surface area contributed by atoms with Gasteiger partial charge in [0, 0.05) is 19.3 Å². The number of nitrogens with zero attached hydrogens (tertiary/aromatic N) is 1. The van der Waals surface area contributed by atoms with Crippen molar-refractivity contribution in [3.63, 3.8) is 0 Å². The van der Waals surface area contributed by atoms with Gasteiger partial charge in [-0.25, -0.2) is 0 Å². The lowest BCUT2D eigenvalue weighted by Crippen LogP contribution is -2.36. The number of carbonyl (C=O) groups excluding carboxylic acids is 2. The Morgan fingerprint density at radius 1 is 1.50 bits per heavy atom. The first-order chi connectivity index (χ1) is 9.55. The number of nitrogen functional groups attached to an aromatic ring is 1. The smallest absolute Gasteiger partial charge is 0.239 e. The van der Waals surface area contributed by atoms with E-state index in [9.17, 15) is 9.59 Å². The van der Waals surface area contributed by atoms with Crippen molar-refractivity contribution in [3.05, 3.63) is 17.7 Å². The Hall–Kier alpha value is -2.24. The van der Waals surface area contributed by atoms with Crippen molar-refractivity contribution >= 4 is 28.9 Å². The summed E-state index contributed by atoms with van der Waals surface area (Å²) in [6.45, 7) is 3.02. The molecular weight excluding hydrogens is 256 g/mol. The van der Waals surface area contributed by atoms with Crippen LogP contribution >= 0.6 is 0 Å². The Kier molecular flexibility index (Phi) is 4.12. The number of hydrogen-bond donors (Lipinski definition) is 3. The van der Waals surface area contributed by atoms with Gasteiger partial charge in [0.25, 0.3) is 0 Å². The fraction of sp³-hybridized carbons (Fsp3) is 0.429. The summed E-state index contributed by atoms with van der Waals surface area (Å²) in [7, 11) is 1.61. The summed E-state index contributed by atoms with van der Waals surface area (Å²) in [6.07, 6.45) is 1.27. The lowest BCUT2D eigenvalue weighted by atomic mass is 10.1. The number of benzene rings is 1. The first-order valence-corrected chi connectivity index (χ1v) is 6.73. The molecular formula is C14H20N4O2. The second kappa shape index (κ2) is 5.81. The molecule has 4 N–H and O–H groups in total. The molecule has 0 aromatic heterocycles. The van der Waals surface area contributed by atoms with Crippen LogP contribution in [0.4, 0.5) is 17.1 Å². The maximum atomic E-state index is 11.6. The number of fused-ring (bicyclic) bond motifs is 1. The molecule has 0 radical (unpaired) electrons. The highest BCUT2D eigenvalue weighted by molar-refractivity contribution is 6.01. The highest BCUT2D eigenvalue weighted by Gasteiger charge is 2.21.